The summed E-state index contributed by atoms with van der Waals surface area (Å²) in [6.07, 6.45) is 2.91. The lowest BCUT2D eigenvalue weighted by atomic mass is 10.1. The molecule has 1 aromatic rings. The Labute approximate surface area is 121 Å². The number of primary amides is 1. The third kappa shape index (κ3) is 3.37. The van der Waals surface area contributed by atoms with Gasteiger partial charge < -0.3 is 20.5 Å². The second-order valence-electron chi connectivity index (χ2n) is 4.37. The van der Waals surface area contributed by atoms with Crippen LogP contribution >= 0.6 is 0 Å². The molecular weight excluding hydrogens is 274 g/mol. The number of nitrogens with zero attached hydrogens (tertiary/aromatic N) is 2. The van der Waals surface area contributed by atoms with Gasteiger partial charge in [0.05, 0.1) is 24.3 Å². The number of rotatable bonds is 2. The number of aliphatic hydroxyl groups is 1. The molecule has 1 aliphatic rings. The summed E-state index contributed by atoms with van der Waals surface area (Å²) in [4.78, 5) is 29.3. The Morgan fingerprint density at radius 2 is 2.38 bits per heavy atom. The third-order valence-corrected chi connectivity index (χ3v) is 3.07. The number of pyridine rings is 1. The monoisotopic (exact) mass is 289 g/mol. The van der Waals surface area contributed by atoms with Crippen LogP contribution in [0.5, 0.6) is 0 Å². The maximum atomic E-state index is 12.6. The van der Waals surface area contributed by atoms with Crippen molar-refractivity contribution in [1.29, 1.82) is 0 Å². The van der Waals surface area contributed by atoms with Gasteiger partial charge in [-0.2, -0.15) is 0 Å². The Kier molecular flexibility index (Phi) is 4.87. The fourth-order valence-corrected chi connectivity index (χ4v) is 2.05. The first-order chi connectivity index (χ1) is 10.1. The van der Waals surface area contributed by atoms with Crippen molar-refractivity contribution in [2.75, 3.05) is 26.4 Å². The minimum Gasteiger partial charge on any atom is -0.384 e. The molecule has 2 amide bonds. The number of carbonyl (C=O) groups is 2. The second kappa shape index (κ2) is 6.83. The Bertz CT molecular complexity index is 606. The maximum Gasteiger partial charge on any atom is 0.256 e. The Balaban J connectivity index is 2.32. The topological polar surface area (TPSA) is 106 Å². The number of ether oxygens (including phenoxy) is 1. The Morgan fingerprint density at radius 3 is 3.10 bits per heavy atom. The lowest BCUT2D eigenvalue weighted by Gasteiger charge is -2.33. The predicted molar refractivity (Wildman–Crippen MR) is 73.0 cm³/mol. The van der Waals surface area contributed by atoms with Crippen molar-refractivity contribution < 1.29 is 19.4 Å². The largest absolute Gasteiger partial charge is 0.384 e. The third-order valence-electron chi connectivity index (χ3n) is 3.07. The predicted octanol–water partition coefficient (Wildman–Crippen LogP) is -1.25. The van der Waals surface area contributed by atoms with Crippen molar-refractivity contribution in [2.24, 2.45) is 5.73 Å². The molecule has 7 heteroatoms. The highest BCUT2D eigenvalue weighted by Crippen LogP contribution is 2.15. The van der Waals surface area contributed by atoms with Gasteiger partial charge in [0.1, 0.15) is 12.6 Å². The zero-order valence-corrected chi connectivity index (χ0v) is 11.3. The summed E-state index contributed by atoms with van der Waals surface area (Å²) in [6.45, 7) is 0.397. The molecule has 21 heavy (non-hydrogen) atoms. The van der Waals surface area contributed by atoms with Gasteiger partial charge in [0.2, 0.25) is 5.91 Å². The first-order valence-corrected chi connectivity index (χ1v) is 6.37. The zero-order chi connectivity index (χ0) is 15.2. The van der Waals surface area contributed by atoms with Crippen molar-refractivity contribution >= 4 is 11.8 Å². The highest BCUT2D eigenvalue weighted by atomic mass is 16.5. The molecule has 0 saturated carbocycles. The van der Waals surface area contributed by atoms with Crippen LogP contribution in [0.15, 0.2) is 18.5 Å². The van der Waals surface area contributed by atoms with Crippen LogP contribution in [0.3, 0.4) is 0 Å². The van der Waals surface area contributed by atoms with Crippen LogP contribution in [-0.2, 0) is 9.53 Å². The summed E-state index contributed by atoms with van der Waals surface area (Å²) in [5, 5.41) is 8.75. The van der Waals surface area contributed by atoms with Crippen LogP contribution in [0.2, 0.25) is 0 Å². The van der Waals surface area contributed by atoms with Gasteiger partial charge in [-0.05, 0) is 6.07 Å². The van der Waals surface area contributed by atoms with Gasteiger partial charge in [-0.3, -0.25) is 14.6 Å². The lowest BCUT2D eigenvalue weighted by molar-refractivity contribution is -0.127. The molecule has 0 bridgehead atoms. The number of amides is 2. The number of hydrogen-bond donors (Lipinski definition) is 2. The molecule has 0 aliphatic carbocycles. The normalized spacial score (nSPS) is 17.8. The van der Waals surface area contributed by atoms with Gasteiger partial charge in [0.25, 0.3) is 5.91 Å². The van der Waals surface area contributed by atoms with Crippen LogP contribution in [0.1, 0.15) is 15.9 Å². The van der Waals surface area contributed by atoms with Crippen molar-refractivity contribution in [3.05, 3.63) is 29.6 Å². The molecule has 110 valence electrons. The number of aliphatic hydroxyl groups excluding tert-OH is 1. The fraction of sp³-hybridized carbons (Fsp3) is 0.357. The van der Waals surface area contributed by atoms with E-state index < -0.39 is 11.9 Å². The van der Waals surface area contributed by atoms with E-state index in [1.165, 1.54) is 23.4 Å². The minimum absolute atomic E-state index is 0.0871. The molecule has 1 aromatic heterocycles. The quantitative estimate of drug-likeness (QED) is 0.662. The fourth-order valence-electron chi connectivity index (χ4n) is 2.05. The van der Waals surface area contributed by atoms with Gasteiger partial charge in [0.15, 0.2) is 0 Å². The van der Waals surface area contributed by atoms with E-state index >= 15 is 0 Å². The van der Waals surface area contributed by atoms with Crippen LogP contribution in [-0.4, -0.2) is 59.2 Å². The SMILES string of the molecule is NC(=O)C1COCCN1C(=O)c1ccncc1C#CCO. The van der Waals surface area contributed by atoms with E-state index in [0.29, 0.717) is 17.7 Å². The molecule has 0 spiro atoms. The van der Waals surface area contributed by atoms with E-state index in [1.807, 2.05) is 0 Å². The molecule has 1 aliphatic heterocycles. The smallest absolute Gasteiger partial charge is 0.256 e. The minimum atomic E-state index is -0.793. The van der Waals surface area contributed by atoms with Crippen LogP contribution in [0, 0.1) is 11.8 Å². The van der Waals surface area contributed by atoms with E-state index in [0.717, 1.165) is 0 Å². The summed E-state index contributed by atoms with van der Waals surface area (Å²) in [5.74, 6) is 4.18. The van der Waals surface area contributed by atoms with Gasteiger partial charge >= 0.3 is 0 Å². The molecule has 1 unspecified atom stereocenters. The summed E-state index contributed by atoms with van der Waals surface area (Å²) in [7, 11) is 0. The number of morpholine rings is 1. The first kappa shape index (κ1) is 15.0. The van der Waals surface area contributed by atoms with Gasteiger partial charge in [-0.25, -0.2) is 0 Å². The molecule has 0 radical (unpaired) electrons. The summed E-state index contributed by atoms with van der Waals surface area (Å²) >= 11 is 0. The van der Waals surface area contributed by atoms with Crippen molar-refractivity contribution in [3.63, 3.8) is 0 Å². The number of nitrogens with two attached hydrogens (primary N) is 1. The molecular formula is C14H15N3O4. The number of carbonyl (C=O) groups excluding carboxylic acids is 2. The summed E-state index contributed by atoms with van der Waals surface area (Å²) in [5.41, 5.74) is 6.02. The van der Waals surface area contributed by atoms with Crippen molar-refractivity contribution in [3.8, 4) is 11.8 Å². The standard InChI is InChI=1S/C14H15N3O4/c15-13(19)12-9-21-7-5-17(12)14(20)11-3-4-16-8-10(11)2-1-6-18/h3-4,8,12,18H,5-7,9H2,(H2,15,19). The molecule has 1 saturated heterocycles. The maximum absolute atomic E-state index is 12.6. The molecule has 1 atom stereocenters. The zero-order valence-electron chi connectivity index (χ0n) is 11.3. The Hall–Kier alpha value is -2.43. The van der Waals surface area contributed by atoms with E-state index in [4.69, 9.17) is 15.6 Å². The molecule has 2 rings (SSSR count). The highest BCUT2D eigenvalue weighted by Gasteiger charge is 2.32. The van der Waals surface area contributed by atoms with Crippen LogP contribution < -0.4 is 5.73 Å². The molecule has 7 nitrogen and oxygen atoms in total. The van der Waals surface area contributed by atoms with E-state index in [-0.39, 0.29) is 25.7 Å². The van der Waals surface area contributed by atoms with E-state index in [2.05, 4.69) is 16.8 Å². The molecule has 3 N–H and O–H groups in total. The van der Waals surface area contributed by atoms with E-state index in [1.54, 1.807) is 0 Å². The highest BCUT2D eigenvalue weighted by molar-refractivity contribution is 5.99. The van der Waals surface area contributed by atoms with Gasteiger partial charge in [0, 0.05) is 18.9 Å². The summed E-state index contributed by atoms with van der Waals surface area (Å²) < 4.78 is 5.19. The first-order valence-electron chi connectivity index (χ1n) is 6.37. The summed E-state index contributed by atoms with van der Waals surface area (Å²) in [6, 6.07) is 0.732. The van der Waals surface area contributed by atoms with Gasteiger partial charge in [-0.15, -0.1) is 0 Å². The number of hydrogen-bond acceptors (Lipinski definition) is 5. The molecule has 2 heterocycles. The van der Waals surface area contributed by atoms with Crippen LogP contribution in [0.4, 0.5) is 0 Å². The molecule has 0 aromatic carbocycles. The second-order valence-corrected chi connectivity index (χ2v) is 4.37. The van der Waals surface area contributed by atoms with Crippen molar-refractivity contribution in [1.82, 2.24) is 9.88 Å². The van der Waals surface area contributed by atoms with E-state index in [9.17, 15) is 9.59 Å². The van der Waals surface area contributed by atoms with Crippen molar-refractivity contribution in [2.45, 2.75) is 6.04 Å². The number of aromatic nitrogens is 1. The molecule has 1 fully saturated rings. The van der Waals surface area contributed by atoms with Crippen LogP contribution in [0.25, 0.3) is 0 Å². The average molecular weight is 289 g/mol. The average Bonchev–Trinajstić information content (AvgIpc) is 2.52. The van der Waals surface area contributed by atoms with Gasteiger partial charge in [-0.1, -0.05) is 11.8 Å². The lowest BCUT2D eigenvalue weighted by Crippen LogP contribution is -2.54. The Morgan fingerprint density at radius 1 is 1.57 bits per heavy atom.